The molecule has 0 unspecified atom stereocenters. The van der Waals surface area contributed by atoms with Gasteiger partial charge in [-0.1, -0.05) is 34.1 Å². The summed E-state index contributed by atoms with van der Waals surface area (Å²) in [7, 11) is 3.53. The topological polar surface area (TPSA) is 125 Å². The Morgan fingerprint density at radius 1 is 1.06 bits per heavy atom. The summed E-state index contributed by atoms with van der Waals surface area (Å²) in [4.78, 5) is 50.3. The number of hydrogen-bond acceptors (Lipinski definition) is 9. The molecule has 1 atom stereocenters. The average Bonchev–Trinajstić information content (AvgIpc) is 2.78. The molecule has 0 aromatic heterocycles. The summed E-state index contributed by atoms with van der Waals surface area (Å²) < 4.78 is 14.6. The molecule has 1 aromatic rings. The standard InChI is InChI=1S/C20H21BrN2O8/c1-11-16(19(25)30-3)17(12-7-5-6-8-13(12)23(27)28)18(20(26)31-4)14(9-21)22(11)10-15(24)29-2/h5-8,17H,9-10H2,1-4H3/t17-/m0/s1. The molecule has 0 aliphatic carbocycles. The molecule has 0 saturated carbocycles. The molecular weight excluding hydrogens is 476 g/mol. The fraction of sp³-hybridized carbons (Fsp3) is 0.350. The summed E-state index contributed by atoms with van der Waals surface area (Å²) >= 11 is 3.32. The number of halogens is 1. The number of methoxy groups -OCH3 is 3. The lowest BCUT2D eigenvalue weighted by atomic mass is 9.79. The number of esters is 3. The van der Waals surface area contributed by atoms with Gasteiger partial charge < -0.3 is 19.1 Å². The van der Waals surface area contributed by atoms with Crippen molar-refractivity contribution in [2.24, 2.45) is 0 Å². The minimum atomic E-state index is -1.15. The molecule has 0 spiro atoms. The van der Waals surface area contributed by atoms with Gasteiger partial charge in [-0.05, 0) is 6.92 Å². The van der Waals surface area contributed by atoms with Gasteiger partial charge >= 0.3 is 17.9 Å². The van der Waals surface area contributed by atoms with E-state index in [1.54, 1.807) is 13.0 Å². The third-order valence-corrected chi connectivity index (χ3v) is 5.44. The predicted molar refractivity (Wildman–Crippen MR) is 112 cm³/mol. The highest BCUT2D eigenvalue weighted by molar-refractivity contribution is 9.09. The van der Waals surface area contributed by atoms with E-state index in [0.717, 1.165) is 14.2 Å². The number of para-hydroxylation sites is 1. The monoisotopic (exact) mass is 496 g/mol. The number of carbonyl (C=O) groups excluding carboxylic acids is 3. The van der Waals surface area contributed by atoms with Gasteiger partial charge in [0.1, 0.15) is 6.54 Å². The van der Waals surface area contributed by atoms with E-state index < -0.39 is 28.7 Å². The highest BCUT2D eigenvalue weighted by Crippen LogP contribution is 2.45. The zero-order valence-electron chi connectivity index (χ0n) is 17.3. The van der Waals surface area contributed by atoms with E-state index in [9.17, 15) is 24.5 Å². The molecule has 1 aliphatic rings. The van der Waals surface area contributed by atoms with E-state index in [0.29, 0.717) is 11.4 Å². The normalized spacial score (nSPS) is 16.2. The van der Waals surface area contributed by atoms with E-state index in [1.807, 2.05) is 0 Å². The zero-order valence-corrected chi connectivity index (χ0v) is 18.9. The van der Waals surface area contributed by atoms with Crippen LogP contribution in [0.25, 0.3) is 0 Å². The summed E-state index contributed by atoms with van der Waals surface area (Å²) in [5, 5.41) is 11.8. The molecule has 0 fully saturated rings. The van der Waals surface area contributed by atoms with Gasteiger partial charge in [-0.3, -0.25) is 14.9 Å². The van der Waals surface area contributed by atoms with Crippen molar-refractivity contribution in [2.45, 2.75) is 12.8 Å². The smallest absolute Gasteiger partial charge is 0.336 e. The van der Waals surface area contributed by atoms with Gasteiger partial charge in [0, 0.05) is 28.4 Å². The maximum Gasteiger partial charge on any atom is 0.336 e. The van der Waals surface area contributed by atoms with Gasteiger partial charge in [0.05, 0.1) is 43.3 Å². The fourth-order valence-electron chi connectivity index (χ4n) is 3.49. The van der Waals surface area contributed by atoms with Crippen molar-refractivity contribution in [3.8, 4) is 0 Å². The Bertz CT molecular complexity index is 985. The Kier molecular flexibility index (Phi) is 7.92. The predicted octanol–water partition coefficient (Wildman–Crippen LogP) is 2.44. The van der Waals surface area contributed by atoms with Gasteiger partial charge in [0.15, 0.2) is 0 Å². The summed E-state index contributed by atoms with van der Waals surface area (Å²) in [6.45, 7) is 1.27. The number of ether oxygens (including phenoxy) is 3. The molecule has 1 aliphatic heterocycles. The molecule has 0 amide bonds. The first-order chi connectivity index (χ1) is 14.7. The largest absolute Gasteiger partial charge is 0.468 e. The summed E-state index contributed by atoms with van der Waals surface area (Å²) in [6.07, 6.45) is 0. The van der Waals surface area contributed by atoms with Gasteiger partial charge in [0.2, 0.25) is 0 Å². The number of rotatable bonds is 7. The molecule has 11 heteroatoms. The second-order valence-electron chi connectivity index (χ2n) is 6.39. The molecule has 31 heavy (non-hydrogen) atoms. The molecule has 166 valence electrons. The van der Waals surface area contributed by atoms with Crippen molar-refractivity contribution >= 4 is 39.5 Å². The first-order valence-corrected chi connectivity index (χ1v) is 10.1. The van der Waals surface area contributed by atoms with Gasteiger partial charge in [0.25, 0.3) is 5.69 Å². The van der Waals surface area contributed by atoms with Crippen molar-refractivity contribution in [3.05, 3.63) is 62.5 Å². The molecule has 0 N–H and O–H groups in total. The number of benzene rings is 1. The Morgan fingerprint density at radius 3 is 2.16 bits per heavy atom. The maximum absolute atomic E-state index is 12.9. The van der Waals surface area contributed by atoms with Crippen LogP contribution in [0.2, 0.25) is 0 Å². The number of carbonyl (C=O) groups is 3. The Balaban J connectivity index is 2.94. The minimum absolute atomic E-state index is 0.0224. The molecule has 10 nitrogen and oxygen atoms in total. The Labute approximate surface area is 186 Å². The molecule has 1 aromatic carbocycles. The van der Waals surface area contributed by atoms with Crippen LogP contribution >= 0.6 is 15.9 Å². The molecule has 2 rings (SSSR count). The first-order valence-electron chi connectivity index (χ1n) is 8.97. The minimum Gasteiger partial charge on any atom is -0.468 e. The highest BCUT2D eigenvalue weighted by Gasteiger charge is 2.43. The maximum atomic E-state index is 12.9. The molecule has 0 radical (unpaired) electrons. The lowest BCUT2D eigenvalue weighted by Gasteiger charge is -2.37. The van der Waals surface area contributed by atoms with Crippen LogP contribution in [-0.4, -0.2) is 60.9 Å². The van der Waals surface area contributed by atoms with Crippen molar-refractivity contribution < 1.29 is 33.5 Å². The van der Waals surface area contributed by atoms with Crippen LogP contribution in [0.15, 0.2) is 46.8 Å². The van der Waals surface area contributed by atoms with E-state index >= 15 is 0 Å². The second-order valence-corrected chi connectivity index (χ2v) is 6.95. The highest BCUT2D eigenvalue weighted by atomic mass is 79.9. The van der Waals surface area contributed by atoms with E-state index in [-0.39, 0.29) is 34.3 Å². The quantitative estimate of drug-likeness (QED) is 0.184. The van der Waals surface area contributed by atoms with Crippen molar-refractivity contribution in [3.63, 3.8) is 0 Å². The second kappa shape index (κ2) is 10.2. The summed E-state index contributed by atoms with van der Waals surface area (Å²) in [6, 6.07) is 5.79. The summed E-state index contributed by atoms with van der Waals surface area (Å²) in [5.74, 6) is -3.37. The fourth-order valence-corrected chi connectivity index (χ4v) is 4.10. The van der Waals surface area contributed by atoms with Crippen LogP contribution in [0, 0.1) is 10.1 Å². The number of allylic oxidation sites excluding steroid dienone is 2. The van der Waals surface area contributed by atoms with Crippen LogP contribution in [0.5, 0.6) is 0 Å². The third kappa shape index (κ3) is 4.61. The van der Waals surface area contributed by atoms with Crippen molar-refractivity contribution in [1.82, 2.24) is 4.90 Å². The average molecular weight is 497 g/mol. The molecule has 0 saturated heterocycles. The van der Waals surface area contributed by atoms with Crippen LogP contribution in [0.3, 0.4) is 0 Å². The number of nitrogens with zero attached hydrogens (tertiary/aromatic N) is 2. The van der Waals surface area contributed by atoms with E-state index in [2.05, 4.69) is 15.9 Å². The Hall–Kier alpha value is -3.21. The van der Waals surface area contributed by atoms with Gasteiger partial charge in [-0.15, -0.1) is 0 Å². The van der Waals surface area contributed by atoms with E-state index in [4.69, 9.17) is 14.2 Å². The van der Waals surface area contributed by atoms with Gasteiger partial charge in [-0.25, -0.2) is 9.59 Å². The van der Waals surface area contributed by atoms with Crippen LogP contribution in [-0.2, 0) is 28.6 Å². The number of nitro benzene ring substituents is 1. The molecule has 0 bridgehead atoms. The third-order valence-electron chi connectivity index (χ3n) is 4.91. The SMILES string of the molecule is COC(=O)CN1C(C)=C(C(=O)OC)[C@H](c2ccccc2[N+](=O)[O-])C(C(=O)OC)=C1CBr. The molecular formula is C20H21BrN2O8. The first kappa shape index (κ1) is 24.1. The zero-order chi connectivity index (χ0) is 23.3. The van der Waals surface area contributed by atoms with Crippen LogP contribution in [0.1, 0.15) is 18.4 Å². The Morgan fingerprint density at radius 2 is 1.65 bits per heavy atom. The van der Waals surface area contributed by atoms with Crippen LogP contribution < -0.4 is 0 Å². The number of alkyl halides is 1. The number of hydrogen-bond donors (Lipinski definition) is 0. The van der Waals surface area contributed by atoms with E-state index in [1.165, 1.54) is 30.2 Å². The van der Waals surface area contributed by atoms with Crippen molar-refractivity contribution in [2.75, 3.05) is 33.2 Å². The lowest BCUT2D eigenvalue weighted by molar-refractivity contribution is -0.385. The molecule has 1 heterocycles. The summed E-state index contributed by atoms with van der Waals surface area (Å²) in [5.41, 5.74) is 0.393. The van der Waals surface area contributed by atoms with Crippen LogP contribution in [0.4, 0.5) is 5.69 Å². The lowest BCUT2D eigenvalue weighted by Crippen LogP contribution is -2.39. The van der Waals surface area contributed by atoms with Gasteiger partial charge in [-0.2, -0.15) is 0 Å². The number of nitro groups is 1. The van der Waals surface area contributed by atoms with Crippen molar-refractivity contribution in [1.29, 1.82) is 0 Å².